The molecule has 0 atom stereocenters. The van der Waals surface area contributed by atoms with Crippen LogP contribution in [-0.4, -0.2) is 14.7 Å². The molecule has 0 radical (unpaired) electrons. The standard InChI is InChI=1S/C18H15N3O3/c1-3-21-14-8-7-12(10-15(14)23-18(21)22)16-19-17(24-20-16)13-6-4-5-11(2)9-13/h4-10H,3H2,1-2H3. The second-order valence-corrected chi connectivity index (χ2v) is 5.59. The van der Waals surface area contributed by atoms with Crippen LogP contribution >= 0.6 is 0 Å². The lowest BCUT2D eigenvalue weighted by Gasteiger charge is -1.97. The van der Waals surface area contributed by atoms with Crippen LogP contribution in [0, 0.1) is 6.92 Å². The van der Waals surface area contributed by atoms with Gasteiger partial charge in [0.1, 0.15) is 0 Å². The fourth-order valence-corrected chi connectivity index (χ4v) is 2.74. The summed E-state index contributed by atoms with van der Waals surface area (Å²) in [5, 5.41) is 4.04. The first-order valence-corrected chi connectivity index (χ1v) is 7.70. The van der Waals surface area contributed by atoms with Crippen LogP contribution in [0.15, 0.2) is 56.2 Å². The number of benzene rings is 2. The SMILES string of the molecule is CCn1c(=O)oc2cc(-c3noc(-c4cccc(C)c4)n3)ccc21. The molecular weight excluding hydrogens is 306 g/mol. The zero-order valence-corrected chi connectivity index (χ0v) is 13.3. The van der Waals surface area contributed by atoms with Crippen molar-refractivity contribution in [2.75, 3.05) is 0 Å². The topological polar surface area (TPSA) is 74.1 Å². The van der Waals surface area contributed by atoms with Crippen LogP contribution < -0.4 is 5.76 Å². The molecule has 0 aliphatic carbocycles. The number of hydrogen-bond donors (Lipinski definition) is 0. The van der Waals surface area contributed by atoms with E-state index in [1.54, 1.807) is 10.6 Å². The van der Waals surface area contributed by atoms with Gasteiger partial charge in [0, 0.05) is 17.7 Å². The van der Waals surface area contributed by atoms with E-state index < -0.39 is 0 Å². The minimum atomic E-state index is -0.363. The molecule has 2 heterocycles. The van der Waals surface area contributed by atoms with Crippen LogP contribution in [0.2, 0.25) is 0 Å². The minimum absolute atomic E-state index is 0.363. The fourth-order valence-electron chi connectivity index (χ4n) is 2.74. The molecular formula is C18H15N3O3. The zero-order chi connectivity index (χ0) is 16.7. The molecule has 4 aromatic rings. The molecule has 24 heavy (non-hydrogen) atoms. The Morgan fingerprint density at radius 1 is 1.12 bits per heavy atom. The van der Waals surface area contributed by atoms with E-state index in [-0.39, 0.29) is 5.76 Å². The van der Waals surface area contributed by atoms with E-state index in [0.29, 0.717) is 23.8 Å². The maximum atomic E-state index is 11.8. The first-order chi connectivity index (χ1) is 11.7. The van der Waals surface area contributed by atoms with Gasteiger partial charge < -0.3 is 8.94 Å². The molecule has 0 saturated carbocycles. The summed E-state index contributed by atoms with van der Waals surface area (Å²) in [6.07, 6.45) is 0. The molecule has 0 bridgehead atoms. The van der Waals surface area contributed by atoms with E-state index in [1.807, 2.05) is 50.2 Å². The quantitative estimate of drug-likeness (QED) is 0.576. The molecule has 6 heteroatoms. The van der Waals surface area contributed by atoms with E-state index >= 15 is 0 Å². The lowest BCUT2D eigenvalue weighted by atomic mass is 10.1. The molecule has 0 spiro atoms. The van der Waals surface area contributed by atoms with Crippen molar-refractivity contribution >= 4 is 11.1 Å². The van der Waals surface area contributed by atoms with Gasteiger partial charge >= 0.3 is 5.76 Å². The molecule has 0 N–H and O–H groups in total. The highest BCUT2D eigenvalue weighted by molar-refractivity contribution is 5.79. The number of fused-ring (bicyclic) bond motifs is 1. The summed E-state index contributed by atoms with van der Waals surface area (Å²) in [4.78, 5) is 16.2. The second-order valence-electron chi connectivity index (χ2n) is 5.59. The van der Waals surface area contributed by atoms with Crippen molar-refractivity contribution in [3.8, 4) is 22.8 Å². The minimum Gasteiger partial charge on any atom is -0.408 e. The molecule has 0 amide bonds. The molecule has 0 aliphatic heterocycles. The summed E-state index contributed by atoms with van der Waals surface area (Å²) in [5.74, 6) is 0.555. The normalized spacial score (nSPS) is 11.2. The van der Waals surface area contributed by atoms with Crippen molar-refractivity contribution in [3.63, 3.8) is 0 Å². The summed E-state index contributed by atoms with van der Waals surface area (Å²) in [6.45, 7) is 4.47. The van der Waals surface area contributed by atoms with E-state index in [1.165, 1.54) is 0 Å². The van der Waals surface area contributed by atoms with Gasteiger partial charge in [-0.3, -0.25) is 4.57 Å². The molecule has 0 saturated heterocycles. The molecule has 2 aromatic carbocycles. The molecule has 2 aromatic heterocycles. The monoisotopic (exact) mass is 321 g/mol. The van der Waals surface area contributed by atoms with Crippen molar-refractivity contribution in [2.45, 2.75) is 20.4 Å². The van der Waals surface area contributed by atoms with Crippen molar-refractivity contribution in [3.05, 3.63) is 58.6 Å². The number of hydrogen-bond acceptors (Lipinski definition) is 5. The Hall–Kier alpha value is -3.15. The molecule has 120 valence electrons. The zero-order valence-electron chi connectivity index (χ0n) is 13.3. The summed E-state index contributed by atoms with van der Waals surface area (Å²) < 4.78 is 12.2. The lowest BCUT2D eigenvalue weighted by molar-refractivity contribution is 0.432. The predicted molar refractivity (Wildman–Crippen MR) is 89.6 cm³/mol. The summed E-state index contributed by atoms with van der Waals surface area (Å²) in [7, 11) is 0. The molecule has 0 unspecified atom stereocenters. The fraction of sp³-hybridized carbons (Fsp3) is 0.167. The average molecular weight is 321 g/mol. The third kappa shape index (κ3) is 2.32. The van der Waals surface area contributed by atoms with E-state index in [0.717, 1.165) is 22.2 Å². The van der Waals surface area contributed by atoms with E-state index in [2.05, 4.69) is 10.1 Å². The van der Waals surface area contributed by atoms with Crippen LogP contribution in [-0.2, 0) is 6.54 Å². The highest BCUT2D eigenvalue weighted by Crippen LogP contribution is 2.25. The van der Waals surface area contributed by atoms with Gasteiger partial charge in [-0.25, -0.2) is 4.79 Å². The summed E-state index contributed by atoms with van der Waals surface area (Å²) >= 11 is 0. The predicted octanol–water partition coefficient (Wildman–Crippen LogP) is 3.64. The first kappa shape index (κ1) is 14.4. The Balaban J connectivity index is 1.77. The second kappa shape index (κ2) is 5.49. The van der Waals surface area contributed by atoms with Crippen LogP contribution in [0.3, 0.4) is 0 Å². The molecule has 4 rings (SSSR count). The van der Waals surface area contributed by atoms with Crippen LogP contribution in [0.4, 0.5) is 0 Å². The van der Waals surface area contributed by atoms with Crippen molar-refractivity contribution in [2.24, 2.45) is 0 Å². The Labute approximate surface area is 137 Å². The maximum Gasteiger partial charge on any atom is 0.419 e. The smallest absolute Gasteiger partial charge is 0.408 e. The Kier molecular flexibility index (Phi) is 3.30. The van der Waals surface area contributed by atoms with Crippen LogP contribution in [0.1, 0.15) is 12.5 Å². The van der Waals surface area contributed by atoms with Gasteiger partial charge in [-0.2, -0.15) is 4.98 Å². The number of aryl methyl sites for hydroxylation is 2. The summed E-state index contributed by atoms with van der Waals surface area (Å²) in [5.41, 5.74) is 4.01. The highest BCUT2D eigenvalue weighted by Gasteiger charge is 2.14. The van der Waals surface area contributed by atoms with Gasteiger partial charge in [0.25, 0.3) is 5.89 Å². The molecule has 0 fully saturated rings. The van der Waals surface area contributed by atoms with Crippen molar-refractivity contribution < 1.29 is 8.94 Å². The van der Waals surface area contributed by atoms with Gasteiger partial charge in [0.05, 0.1) is 5.52 Å². The van der Waals surface area contributed by atoms with Gasteiger partial charge in [0.2, 0.25) is 5.82 Å². The number of aromatic nitrogens is 3. The summed E-state index contributed by atoms with van der Waals surface area (Å²) in [6, 6.07) is 13.3. The van der Waals surface area contributed by atoms with Crippen LogP contribution in [0.5, 0.6) is 0 Å². The third-order valence-electron chi connectivity index (χ3n) is 3.93. The van der Waals surface area contributed by atoms with E-state index in [9.17, 15) is 4.79 Å². The maximum absolute atomic E-state index is 11.8. The molecule has 6 nitrogen and oxygen atoms in total. The Morgan fingerprint density at radius 3 is 2.79 bits per heavy atom. The van der Waals surface area contributed by atoms with Crippen molar-refractivity contribution in [1.82, 2.24) is 14.7 Å². The largest absolute Gasteiger partial charge is 0.419 e. The first-order valence-electron chi connectivity index (χ1n) is 7.70. The number of oxazole rings is 1. The van der Waals surface area contributed by atoms with Gasteiger partial charge in [-0.1, -0.05) is 22.9 Å². The van der Waals surface area contributed by atoms with Gasteiger partial charge in [0.15, 0.2) is 5.58 Å². The average Bonchev–Trinajstić information content (AvgIpc) is 3.17. The van der Waals surface area contributed by atoms with E-state index in [4.69, 9.17) is 8.94 Å². The van der Waals surface area contributed by atoms with Crippen LogP contribution in [0.25, 0.3) is 33.9 Å². The third-order valence-corrected chi connectivity index (χ3v) is 3.93. The highest BCUT2D eigenvalue weighted by atomic mass is 16.5. The van der Waals surface area contributed by atoms with Crippen molar-refractivity contribution in [1.29, 1.82) is 0 Å². The molecule has 0 aliphatic rings. The van der Waals surface area contributed by atoms with Gasteiger partial charge in [-0.05, 0) is 44.2 Å². The Morgan fingerprint density at radius 2 is 2.00 bits per heavy atom. The van der Waals surface area contributed by atoms with Gasteiger partial charge in [-0.15, -0.1) is 0 Å². The Bertz CT molecular complexity index is 1090. The lowest BCUT2D eigenvalue weighted by Crippen LogP contribution is -2.11. The number of nitrogens with zero attached hydrogens (tertiary/aromatic N) is 3. The number of rotatable bonds is 3.